The minimum atomic E-state index is -0.416. The maximum atomic E-state index is 13.9. The minimum Gasteiger partial charge on any atom is -0.508 e. The minimum absolute atomic E-state index is 0.111. The van der Waals surface area contributed by atoms with Gasteiger partial charge in [-0.2, -0.15) is 0 Å². The van der Waals surface area contributed by atoms with Crippen molar-refractivity contribution in [2.75, 3.05) is 32.2 Å². The van der Waals surface area contributed by atoms with Crippen LogP contribution >= 0.6 is 23.6 Å². The zero-order valence-electron chi connectivity index (χ0n) is 18.6. The molecule has 178 valence electrons. The van der Waals surface area contributed by atoms with Gasteiger partial charge in [-0.15, -0.1) is 11.3 Å². The number of methoxy groups -OCH3 is 1. The van der Waals surface area contributed by atoms with Crippen LogP contribution in [0.2, 0.25) is 0 Å². The summed E-state index contributed by atoms with van der Waals surface area (Å²) in [4.78, 5) is 19.6. The molecule has 2 aromatic carbocycles. The highest BCUT2D eigenvalue weighted by Crippen LogP contribution is 2.32. The number of rotatable bonds is 6. The Morgan fingerprint density at radius 1 is 1.26 bits per heavy atom. The topological polar surface area (TPSA) is 86.7 Å². The van der Waals surface area contributed by atoms with Gasteiger partial charge in [-0.25, -0.2) is 9.37 Å². The fourth-order valence-electron chi connectivity index (χ4n) is 3.85. The van der Waals surface area contributed by atoms with Crippen molar-refractivity contribution in [3.05, 3.63) is 64.4 Å². The molecular weight excluding hydrogens is 475 g/mol. The van der Waals surface area contributed by atoms with E-state index in [1.807, 2.05) is 0 Å². The predicted octanol–water partition coefficient (Wildman–Crippen LogP) is 4.56. The van der Waals surface area contributed by atoms with E-state index >= 15 is 0 Å². The van der Waals surface area contributed by atoms with E-state index in [1.165, 1.54) is 41.7 Å². The molecule has 7 nitrogen and oxygen atoms in total. The maximum Gasteiger partial charge on any atom is 0.275 e. The quantitative estimate of drug-likeness (QED) is 0.338. The van der Waals surface area contributed by atoms with Gasteiger partial charge in [-0.1, -0.05) is 12.1 Å². The van der Waals surface area contributed by atoms with Gasteiger partial charge in [-0.05, 0) is 61.0 Å². The van der Waals surface area contributed by atoms with Crippen LogP contribution in [-0.2, 0) is 4.74 Å². The molecule has 0 unspecified atom stereocenters. The molecule has 1 aromatic heterocycles. The number of ether oxygens (including phenoxy) is 1. The number of nitrogens with zero attached hydrogens (tertiary/aromatic N) is 2. The summed E-state index contributed by atoms with van der Waals surface area (Å²) < 4.78 is 18.9. The number of aromatic nitrogens is 1. The van der Waals surface area contributed by atoms with Crippen LogP contribution in [0.15, 0.2) is 47.8 Å². The SMILES string of the molecule is COCNC(=S)N1CCC(c2nc(C(=O)Nc3ccc(F)cc3-c3ccc(O)cc3)cs2)CC1. The smallest absolute Gasteiger partial charge is 0.275 e. The van der Waals surface area contributed by atoms with Gasteiger partial charge >= 0.3 is 0 Å². The number of nitrogens with one attached hydrogen (secondary N) is 2. The fourth-order valence-corrected chi connectivity index (χ4v) is 5.06. The Morgan fingerprint density at radius 2 is 2.00 bits per heavy atom. The number of hydrogen-bond acceptors (Lipinski definition) is 6. The normalized spacial score (nSPS) is 14.1. The molecule has 1 aliphatic rings. The molecule has 0 spiro atoms. The standard InChI is InChI=1S/C24H25FN4O3S2/c1-32-14-26-24(33)29-10-8-16(9-11-29)23-28-21(13-34-23)22(31)27-20-7-4-17(25)12-19(20)15-2-5-18(30)6-3-15/h2-7,12-13,16,30H,8-11,14H2,1H3,(H,26,33)(H,27,31). The molecule has 34 heavy (non-hydrogen) atoms. The van der Waals surface area contributed by atoms with Crippen molar-refractivity contribution in [1.29, 1.82) is 0 Å². The van der Waals surface area contributed by atoms with Crippen molar-refractivity contribution in [2.45, 2.75) is 18.8 Å². The number of likely N-dealkylation sites (tertiary alicyclic amines) is 1. The first-order chi connectivity index (χ1) is 16.4. The number of phenols is 1. The summed E-state index contributed by atoms with van der Waals surface area (Å²) in [5.74, 6) is -0.386. The first-order valence-corrected chi connectivity index (χ1v) is 12.1. The molecule has 3 N–H and O–H groups in total. The van der Waals surface area contributed by atoms with Crippen molar-refractivity contribution < 1.29 is 19.0 Å². The van der Waals surface area contributed by atoms with E-state index in [-0.39, 0.29) is 17.6 Å². The van der Waals surface area contributed by atoms with Gasteiger partial charge < -0.3 is 25.4 Å². The molecule has 1 fully saturated rings. The third-order valence-electron chi connectivity index (χ3n) is 5.66. The zero-order chi connectivity index (χ0) is 24.1. The van der Waals surface area contributed by atoms with E-state index in [0.29, 0.717) is 34.4 Å². The summed E-state index contributed by atoms with van der Waals surface area (Å²) in [7, 11) is 1.61. The first kappa shape index (κ1) is 24.1. The molecule has 2 heterocycles. The molecule has 1 amide bonds. The van der Waals surface area contributed by atoms with Crippen molar-refractivity contribution >= 4 is 40.3 Å². The Hall–Kier alpha value is -3.08. The lowest BCUT2D eigenvalue weighted by atomic mass is 9.98. The number of thiocarbonyl (C=S) groups is 1. The summed E-state index contributed by atoms with van der Waals surface area (Å²) in [5.41, 5.74) is 2.00. The average molecular weight is 501 g/mol. The van der Waals surface area contributed by atoms with Gasteiger partial charge in [0.15, 0.2) is 5.11 Å². The van der Waals surface area contributed by atoms with Crippen LogP contribution in [0, 0.1) is 5.82 Å². The van der Waals surface area contributed by atoms with E-state index in [2.05, 4.69) is 20.5 Å². The highest BCUT2D eigenvalue weighted by Gasteiger charge is 2.25. The fraction of sp³-hybridized carbons (Fsp3) is 0.292. The Kier molecular flexibility index (Phi) is 7.71. The second-order valence-corrected chi connectivity index (χ2v) is 9.21. The van der Waals surface area contributed by atoms with Crippen LogP contribution in [0.1, 0.15) is 34.3 Å². The number of carbonyl (C=O) groups excluding carboxylic acids is 1. The number of halogens is 1. The third kappa shape index (κ3) is 5.69. The van der Waals surface area contributed by atoms with Crippen LogP contribution in [0.3, 0.4) is 0 Å². The Bertz CT molecular complexity index is 1160. The Balaban J connectivity index is 1.42. The number of phenolic OH excluding ortho intramolecular Hbond substituents is 1. The summed E-state index contributed by atoms with van der Waals surface area (Å²) in [6, 6.07) is 10.6. The number of thiazole rings is 1. The van der Waals surface area contributed by atoms with Gasteiger partial charge in [0, 0.05) is 42.7 Å². The van der Waals surface area contributed by atoms with Gasteiger partial charge in [0.25, 0.3) is 5.91 Å². The van der Waals surface area contributed by atoms with E-state index in [1.54, 1.807) is 24.6 Å². The number of amides is 1. The molecule has 3 aromatic rings. The first-order valence-electron chi connectivity index (χ1n) is 10.8. The molecule has 0 radical (unpaired) electrons. The molecule has 0 atom stereocenters. The number of benzene rings is 2. The van der Waals surface area contributed by atoms with Crippen molar-refractivity contribution in [2.24, 2.45) is 0 Å². The molecule has 0 bridgehead atoms. The van der Waals surface area contributed by atoms with Crippen molar-refractivity contribution in [1.82, 2.24) is 15.2 Å². The predicted molar refractivity (Wildman–Crippen MR) is 135 cm³/mol. The lowest BCUT2D eigenvalue weighted by Crippen LogP contribution is -2.44. The lowest BCUT2D eigenvalue weighted by molar-refractivity contribution is 0.102. The van der Waals surface area contributed by atoms with E-state index in [4.69, 9.17) is 17.0 Å². The van der Waals surface area contributed by atoms with Gasteiger partial charge in [0.05, 0.1) is 5.01 Å². The number of carbonyl (C=O) groups is 1. The van der Waals surface area contributed by atoms with Crippen LogP contribution in [-0.4, -0.2) is 52.9 Å². The van der Waals surface area contributed by atoms with Crippen LogP contribution < -0.4 is 10.6 Å². The van der Waals surface area contributed by atoms with Crippen LogP contribution in [0.5, 0.6) is 5.75 Å². The van der Waals surface area contributed by atoms with Crippen molar-refractivity contribution in [3.8, 4) is 16.9 Å². The summed E-state index contributed by atoms with van der Waals surface area (Å²) in [6.45, 7) is 2.01. The molecule has 0 aliphatic carbocycles. The largest absolute Gasteiger partial charge is 0.508 e. The van der Waals surface area contributed by atoms with Gasteiger partial charge in [-0.3, -0.25) is 4.79 Å². The van der Waals surface area contributed by atoms with E-state index in [0.717, 1.165) is 30.9 Å². The van der Waals surface area contributed by atoms with Crippen molar-refractivity contribution in [3.63, 3.8) is 0 Å². The molecule has 0 saturated carbocycles. The highest BCUT2D eigenvalue weighted by atomic mass is 32.1. The van der Waals surface area contributed by atoms with Crippen LogP contribution in [0.25, 0.3) is 11.1 Å². The number of anilines is 1. The number of aromatic hydroxyl groups is 1. The molecular formula is C24H25FN4O3S2. The Labute approximate surface area is 206 Å². The van der Waals surface area contributed by atoms with Gasteiger partial charge in [0.1, 0.15) is 24.0 Å². The number of hydrogen-bond donors (Lipinski definition) is 3. The van der Waals surface area contributed by atoms with E-state index < -0.39 is 5.82 Å². The number of piperidine rings is 1. The lowest BCUT2D eigenvalue weighted by Gasteiger charge is -2.33. The second kappa shape index (κ2) is 10.9. The highest BCUT2D eigenvalue weighted by molar-refractivity contribution is 7.80. The molecule has 4 rings (SSSR count). The summed E-state index contributed by atoms with van der Waals surface area (Å²) in [5, 5.41) is 18.8. The Morgan fingerprint density at radius 3 is 2.71 bits per heavy atom. The average Bonchev–Trinajstić information content (AvgIpc) is 3.35. The monoisotopic (exact) mass is 500 g/mol. The summed E-state index contributed by atoms with van der Waals surface area (Å²) in [6.07, 6.45) is 1.79. The zero-order valence-corrected chi connectivity index (χ0v) is 20.2. The molecule has 1 saturated heterocycles. The van der Waals surface area contributed by atoms with Gasteiger partial charge in [0.2, 0.25) is 0 Å². The third-order valence-corrected chi connectivity index (χ3v) is 7.07. The van der Waals surface area contributed by atoms with E-state index in [9.17, 15) is 14.3 Å². The second-order valence-electron chi connectivity index (χ2n) is 7.94. The molecule has 1 aliphatic heterocycles. The maximum absolute atomic E-state index is 13.9. The summed E-state index contributed by atoms with van der Waals surface area (Å²) >= 11 is 6.86. The van der Waals surface area contributed by atoms with Crippen LogP contribution in [0.4, 0.5) is 10.1 Å². The molecule has 10 heteroatoms.